The van der Waals surface area contributed by atoms with Gasteiger partial charge in [-0.05, 0) is 48.9 Å². The second-order valence-electron chi connectivity index (χ2n) is 10.8. The zero-order valence-corrected chi connectivity index (χ0v) is 21.7. The number of hydrogen-bond acceptors (Lipinski definition) is 2. The van der Waals surface area contributed by atoms with Crippen LogP contribution in [-0.2, 0) is 25.7 Å². The van der Waals surface area contributed by atoms with Crippen molar-refractivity contribution in [3.05, 3.63) is 120 Å². The lowest BCUT2D eigenvalue weighted by molar-refractivity contribution is -0.735. The van der Waals surface area contributed by atoms with Gasteiger partial charge in [0.2, 0.25) is 12.7 Å². The van der Waals surface area contributed by atoms with Gasteiger partial charge in [0.05, 0.1) is 12.1 Å². The summed E-state index contributed by atoms with van der Waals surface area (Å²) in [5.74, 6) is 2.35. The molecule has 4 heterocycles. The van der Waals surface area contributed by atoms with Gasteiger partial charge >= 0.3 is 0 Å². The summed E-state index contributed by atoms with van der Waals surface area (Å²) in [6, 6.07) is 31.1. The third kappa shape index (κ3) is 4.55. The van der Waals surface area contributed by atoms with Crippen LogP contribution in [0.5, 0.6) is 0 Å². The SMILES string of the molecule is c1ccc(C[C@@H]2CCCc3nn(-c4cccc(-n5c[n+]6c(n5)CCC[C@H]6Cc5ccccc5)c4)c[n+]32)cc1. The number of rotatable bonds is 6. The van der Waals surface area contributed by atoms with Crippen LogP contribution in [0.3, 0.4) is 0 Å². The Labute approximate surface area is 223 Å². The van der Waals surface area contributed by atoms with Crippen molar-refractivity contribution in [2.75, 3.05) is 0 Å². The minimum absolute atomic E-state index is 0.453. The first kappa shape index (κ1) is 23.1. The molecule has 3 aromatic carbocycles. The van der Waals surface area contributed by atoms with Crippen LogP contribution < -0.4 is 9.13 Å². The van der Waals surface area contributed by atoms with Crippen LogP contribution >= 0.6 is 0 Å². The van der Waals surface area contributed by atoms with Crippen LogP contribution in [0.4, 0.5) is 0 Å². The molecule has 38 heavy (non-hydrogen) atoms. The van der Waals surface area contributed by atoms with E-state index in [1.807, 2.05) is 0 Å². The zero-order chi connectivity index (χ0) is 25.3. The number of fused-ring (bicyclic) bond motifs is 2. The first-order valence-corrected chi connectivity index (χ1v) is 14.0. The molecule has 0 N–H and O–H groups in total. The summed E-state index contributed by atoms with van der Waals surface area (Å²) >= 11 is 0. The topological polar surface area (TPSA) is 43.4 Å². The monoisotopic (exact) mass is 502 g/mol. The van der Waals surface area contributed by atoms with Crippen molar-refractivity contribution < 1.29 is 9.13 Å². The largest absolute Gasteiger partial charge is 0.278 e. The Bertz CT molecular complexity index is 1420. The molecule has 0 aliphatic carbocycles. The maximum absolute atomic E-state index is 5.02. The highest BCUT2D eigenvalue weighted by Crippen LogP contribution is 2.23. The molecule has 0 amide bonds. The Balaban J connectivity index is 1.16. The molecule has 0 spiro atoms. The van der Waals surface area contributed by atoms with Crippen LogP contribution in [-0.4, -0.2) is 19.6 Å². The van der Waals surface area contributed by atoms with Crippen LogP contribution in [0, 0.1) is 0 Å². The number of hydrogen-bond donors (Lipinski definition) is 0. The molecule has 2 aromatic heterocycles. The molecule has 7 rings (SSSR count). The minimum atomic E-state index is 0.453. The molecule has 6 heteroatoms. The van der Waals surface area contributed by atoms with E-state index < -0.39 is 0 Å². The normalized spacial score (nSPS) is 18.6. The smallest absolute Gasteiger partial charge is 0.231 e. The Morgan fingerprint density at radius 3 is 1.55 bits per heavy atom. The summed E-state index contributed by atoms with van der Waals surface area (Å²) in [7, 11) is 0. The summed E-state index contributed by atoms with van der Waals surface area (Å²) < 4.78 is 8.91. The van der Waals surface area contributed by atoms with Gasteiger partial charge in [0.25, 0.3) is 11.6 Å². The fourth-order valence-electron chi connectivity index (χ4n) is 6.21. The number of benzene rings is 3. The van der Waals surface area contributed by atoms with Gasteiger partial charge in [-0.25, -0.2) is 9.13 Å². The van der Waals surface area contributed by atoms with Crippen molar-refractivity contribution in [1.82, 2.24) is 19.6 Å². The van der Waals surface area contributed by atoms with Gasteiger partial charge in [0.15, 0.2) is 0 Å². The maximum atomic E-state index is 5.02. The van der Waals surface area contributed by atoms with Gasteiger partial charge in [-0.1, -0.05) is 76.1 Å². The molecular formula is C32H34N6+2. The van der Waals surface area contributed by atoms with E-state index in [-0.39, 0.29) is 0 Å². The van der Waals surface area contributed by atoms with E-state index in [1.165, 1.54) is 48.5 Å². The van der Waals surface area contributed by atoms with Crippen LogP contribution in [0.15, 0.2) is 97.6 Å². The van der Waals surface area contributed by atoms with Gasteiger partial charge in [-0.2, -0.15) is 0 Å². The fourth-order valence-corrected chi connectivity index (χ4v) is 6.21. The molecule has 0 saturated carbocycles. The lowest BCUT2D eigenvalue weighted by Crippen LogP contribution is -2.45. The molecule has 5 aromatic rings. The van der Waals surface area contributed by atoms with Gasteiger partial charge in [0.1, 0.15) is 11.4 Å². The van der Waals surface area contributed by atoms with Crippen molar-refractivity contribution in [3.8, 4) is 11.4 Å². The third-order valence-corrected chi connectivity index (χ3v) is 8.16. The van der Waals surface area contributed by atoms with Crippen molar-refractivity contribution in [2.24, 2.45) is 0 Å². The second-order valence-corrected chi connectivity index (χ2v) is 10.8. The molecule has 0 fully saturated rings. The molecule has 2 aliphatic heterocycles. The lowest BCUT2D eigenvalue weighted by Gasteiger charge is -2.19. The molecule has 190 valence electrons. The van der Waals surface area contributed by atoms with Gasteiger partial charge in [-0.3, -0.25) is 0 Å². The van der Waals surface area contributed by atoms with Crippen LogP contribution in [0.25, 0.3) is 11.4 Å². The van der Waals surface area contributed by atoms with Crippen molar-refractivity contribution in [2.45, 2.75) is 63.5 Å². The molecule has 6 nitrogen and oxygen atoms in total. The highest BCUT2D eigenvalue weighted by Gasteiger charge is 2.31. The molecule has 2 aliphatic rings. The Morgan fingerprint density at radius 2 is 1.08 bits per heavy atom. The van der Waals surface area contributed by atoms with E-state index in [9.17, 15) is 0 Å². The molecular weight excluding hydrogens is 468 g/mol. The van der Waals surface area contributed by atoms with E-state index in [0.29, 0.717) is 12.1 Å². The molecule has 0 bridgehead atoms. The van der Waals surface area contributed by atoms with Crippen molar-refractivity contribution in [1.29, 1.82) is 0 Å². The van der Waals surface area contributed by atoms with Gasteiger partial charge in [-0.15, -0.1) is 0 Å². The lowest BCUT2D eigenvalue weighted by atomic mass is 9.97. The quantitative estimate of drug-likeness (QED) is 0.311. The van der Waals surface area contributed by atoms with E-state index in [1.54, 1.807) is 0 Å². The predicted molar refractivity (Wildman–Crippen MR) is 145 cm³/mol. The molecule has 0 saturated heterocycles. The average molecular weight is 503 g/mol. The van der Waals surface area contributed by atoms with E-state index in [2.05, 4.69) is 116 Å². The molecule has 2 atom stereocenters. The summed E-state index contributed by atoms with van der Waals surface area (Å²) in [6.45, 7) is 0. The van der Waals surface area contributed by atoms with Crippen molar-refractivity contribution in [3.63, 3.8) is 0 Å². The summed E-state index contributed by atoms with van der Waals surface area (Å²) in [6.07, 6.45) is 13.3. The second kappa shape index (κ2) is 10.0. The number of nitrogens with zero attached hydrogens (tertiary/aromatic N) is 6. The Hall–Kier alpha value is -4.06. The van der Waals surface area contributed by atoms with E-state index in [0.717, 1.165) is 37.1 Å². The first-order valence-electron chi connectivity index (χ1n) is 14.0. The van der Waals surface area contributed by atoms with Gasteiger partial charge < -0.3 is 0 Å². The predicted octanol–water partition coefficient (Wildman–Crippen LogP) is 4.87. The standard InChI is InChI=1S/C32H34N6/c1-3-10-25(11-4-1)20-27-14-8-18-31-33-37(23-35(27)31)29-16-7-17-30(22-29)38-24-36-28(15-9-19-32(36)34-38)21-26-12-5-2-6-13-26/h1-7,10-13,16-17,22-24,27-28H,8-9,14-15,18-21H2/q+2/t27-,28-/m0/s1. The number of aryl methyl sites for hydroxylation is 2. The maximum Gasteiger partial charge on any atom is 0.278 e. The zero-order valence-electron chi connectivity index (χ0n) is 21.7. The van der Waals surface area contributed by atoms with E-state index in [4.69, 9.17) is 10.2 Å². The Kier molecular flexibility index (Phi) is 6.08. The summed E-state index contributed by atoms with van der Waals surface area (Å²) in [5.41, 5.74) is 4.92. The van der Waals surface area contributed by atoms with Gasteiger partial charge in [0, 0.05) is 41.9 Å². The fraction of sp³-hybridized carbons (Fsp3) is 0.312. The number of aromatic nitrogens is 6. The van der Waals surface area contributed by atoms with E-state index >= 15 is 0 Å². The van der Waals surface area contributed by atoms with Crippen LogP contribution in [0.1, 0.15) is 60.5 Å². The van der Waals surface area contributed by atoms with Crippen LogP contribution in [0.2, 0.25) is 0 Å². The first-order chi connectivity index (χ1) is 18.8. The molecule has 0 radical (unpaired) electrons. The highest BCUT2D eigenvalue weighted by molar-refractivity contribution is 5.42. The average Bonchev–Trinajstić information content (AvgIpc) is 3.61. The Morgan fingerprint density at radius 1 is 0.605 bits per heavy atom. The molecule has 0 unspecified atom stereocenters. The summed E-state index contributed by atoms with van der Waals surface area (Å²) in [5, 5.41) is 10.0. The summed E-state index contributed by atoms with van der Waals surface area (Å²) in [4.78, 5) is 0. The third-order valence-electron chi connectivity index (χ3n) is 8.16. The minimum Gasteiger partial charge on any atom is -0.231 e. The highest BCUT2D eigenvalue weighted by atomic mass is 15.4. The van der Waals surface area contributed by atoms with Crippen molar-refractivity contribution >= 4 is 0 Å².